The number of halogens is 1. The van der Waals surface area contributed by atoms with Gasteiger partial charge in [0.2, 0.25) is 5.88 Å². The Bertz CT molecular complexity index is 796. The topological polar surface area (TPSA) is 91.8 Å². The number of urea groups is 1. The molecule has 3 rings (SSSR count). The molecule has 2 amide bonds. The number of likely N-dealkylation sites (tertiary alicyclic amines) is 1. The molecule has 8 heteroatoms. The van der Waals surface area contributed by atoms with Gasteiger partial charge < -0.3 is 20.1 Å². The number of carboxylic acids is 1. The Labute approximate surface area is 155 Å². The van der Waals surface area contributed by atoms with Gasteiger partial charge in [-0.25, -0.2) is 14.2 Å². The number of aromatic nitrogens is 1. The van der Waals surface area contributed by atoms with Crippen molar-refractivity contribution in [3.63, 3.8) is 0 Å². The first-order chi connectivity index (χ1) is 13.0. The molecule has 0 saturated carbocycles. The molecule has 1 unspecified atom stereocenters. The van der Waals surface area contributed by atoms with Gasteiger partial charge in [0.05, 0.1) is 5.92 Å². The lowest BCUT2D eigenvalue weighted by Crippen LogP contribution is -2.46. The number of carbonyl (C=O) groups excluding carboxylic acids is 1. The molecule has 2 aromatic rings. The number of carboxylic acid groups (broad SMARTS) is 1. The van der Waals surface area contributed by atoms with E-state index in [1.165, 1.54) is 29.2 Å². The van der Waals surface area contributed by atoms with E-state index in [4.69, 9.17) is 9.84 Å². The molecule has 0 bridgehead atoms. The fourth-order valence-corrected chi connectivity index (χ4v) is 2.85. The van der Waals surface area contributed by atoms with Crippen LogP contribution in [0.2, 0.25) is 0 Å². The van der Waals surface area contributed by atoms with E-state index in [-0.39, 0.29) is 24.9 Å². The average molecular weight is 373 g/mol. The second-order valence-corrected chi connectivity index (χ2v) is 6.34. The standard InChI is InChI=1S/C19H20FN3O4/c20-15-4-6-16(7-5-15)27-17-8-3-13(10-21-17)11-22-19(26)23-9-1-2-14(12-23)18(24)25/h3-8,10,14H,1-2,9,11-12H2,(H,22,26)(H,24,25). The van der Waals surface area contributed by atoms with Crippen LogP contribution >= 0.6 is 0 Å². The Morgan fingerprint density at radius 3 is 2.70 bits per heavy atom. The molecule has 2 heterocycles. The van der Waals surface area contributed by atoms with E-state index in [1.54, 1.807) is 18.3 Å². The van der Waals surface area contributed by atoms with Crippen LogP contribution in [0.5, 0.6) is 11.6 Å². The minimum atomic E-state index is -0.867. The van der Waals surface area contributed by atoms with E-state index in [0.717, 1.165) is 5.56 Å². The summed E-state index contributed by atoms with van der Waals surface area (Å²) in [5.74, 6) is -0.882. The van der Waals surface area contributed by atoms with Gasteiger partial charge in [-0.3, -0.25) is 4.79 Å². The van der Waals surface area contributed by atoms with Crippen molar-refractivity contribution in [3.05, 3.63) is 54.0 Å². The summed E-state index contributed by atoms with van der Waals surface area (Å²) in [5.41, 5.74) is 0.779. The third kappa shape index (κ3) is 5.16. The van der Waals surface area contributed by atoms with Gasteiger partial charge in [-0.1, -0.05) is 6.07 Å². The molecule has 0 aliphatic carbocycles. The van der Waals surface area contributed by atoms with Crippen molar-refractivity contribution in [2.45, 2.75) is 19.4 Å². The monoisotopic (exact) mass is 373 g/mol. The Morgan fingerprint density at radius 2 is 2.04 bits per heavy atom. The third-order valence-corrected chi connectivity index (χ3v) is 4.34. The quantitative estimate of drug-likeness (QED) is 0.841. The number of benzene rings is 1. The zero-order valence-corrected chi connectivity index (χ0v) is 14.6. The summed E-state index contributed by atoms with van der Waals surface area (Å²) in [6.07, 6.45) is 2.86. The molecule has 1 atom stereocenters. The fourth-order valence-electron chi connectivity index (χ4n) is 2.85. The van der Waals surface area contributed by atoms with Crippen molar-refractivity contribution in [1.29, 1.82) is 0 Å². The molecule has 1 aromatic heterocycles. The number of amides is 2. The first-order valence-electron chi connectivity index (χ1n) is 8.65. The van der Waals surface area contributed by atoms with E-state index in [1.807, 2.05) is 0 Å². The van der Waals surface area contributed by atoms with Gasteiger partial charge in [0.15, 0.2) is 0 Å². The summed E-state index contributed by atoms with van der Waals surface area (Å²) in [6.45, 7) is 1.05. The second-order valence-electron chi connectivity index (χ2n) is 6.34. The Balaban J connectivity index is 1.50. The van der Waals surface area contributed by atoms with Gasteiger partial charge >= 0.3 is 12.0 Å². The van der Waals surface area contributed by atoms with Crippen molar-refractivity contribution in [2.75, 3.05) is 13.1 Å². The van der Waals surface area contributed by atoms with E-state index >= 15 is 0 Å². The van der Waals surface area contributed by atoms with Crippen LogP contribution in [0.15, 0.2) is 42.6 Å². The lowest BCUT2D eigenvalue weighted by atomic mass is 9.99. The third-order valence-electron chi connectivity index (χ3n) is 4.34. The number of aliphatic carboxylic acids is 1. The number of carbonyl (C=O) groups is 2. The SMILES string of the molecule is O=C(O)C1CCCN(C(=O)NCc2ccc(Oc3ccc(F)cc3)nc2)C1. The molecule has 0 radical (unpaired) electrons. The molecule has 142 valence electrons. The summed E-state index contributed by atoms with van der Waals surface area (Å²) >= 11 is 0. The summed E-state index contributed by atoms with van der Waals surface area (Å²) in [4.78, 5) is 29.0. The van der Waals surface area contributed by atoms with Crippen LogP contribution in [0.25, 0.3) is 0 Å². The Morgan fingerprint density at radius 1 is 1.26 bits per heavy atom. The number of piperidine rings is 1. The maximum atomic E-state index is 12.9. The van der Waals surface area contributed by atoms with Gasteiger partial charge in [-0.05, 0) is 42.7 Å². The highest BCUT2D eigenvalue weighted by atomic mass is 19.1. The average Bonchev–Trinajstić information content (AvgIpc) is 2.69. The highest BCUT2D eigenvalue weighted by Crippen LogP contribution is 2.20. The van der Waals surface area contributed by atoms with Gasteiger partial charge in [-0.15, -0.1) is 0 Å². The lowest BCUT2D eigenvalue weighted by molar-refractivity contribution is -0.143. The first kappa shape index (κ1) is 18.6. The summed E-state index contributed by atoms with van der Waals surface area (Å²) in [6, 6.07) is 8.76. The number of nitrogens with zero attached hydrogens (tertiary/aromatic N) is 2. The van der Waals surface area contributed by atoms with Gasteiger partial charge in [0.1, 0.15) is 11.6 Å². The van der Waals surface area contributed by atoms with Crippen LogP contribution in [-0.4, -0.2) is 40.1 Å². The maximum absolute atomic E-state index is 12.9. The van der Waals surface area contributed by atoms with E-state index < -0.39 is 11.9 Å². The van der Waals surface area contributed by atoms with Gasteiger partial charge in [0.25, 0.3) is 0 Å². The summed E-state index contributed by atoms with van der Waals surface area (Å²) < 4.78 is 18.4. The number of hydrogen-bond acceptors (Lipinski definition) is 4. The molecule has 27 heavy (non-hydrogen) atoms. The number of rotatable bonds is 5. The van der Waals surface area contributed by atoms with Crippen LogP contribution in [-0.2, 0) is 11.3 Å². The molecule has 1 aliphatic rings. The summed E-state index contributed by atoms with van der Waals surface area (Å²) in [5, 5.41) is 11.9. The molecule has 1 aliphatic heterocycles. The number of ether oxygens (including phenoxy) is 1. The zero-order chi connectivity index (χ0) is 19.2. The van der Waals surface area contributed by atoms with Crippen molar-refractivity contribution < 1.29 is 23.8 Å². The molecule has 0 spiro atoms. The molecule has 7 nitrogen and oxygen atoms in total. The molecule has 2 N–H and O–H groups in total. The van der Waals surface area contributed by atoms with E-state index in [0.29, 0.717) is 31.0 Å². The first-order valence-corrected chi connectivity index (χ1v) is 8.65. The lowest BCUT2D eigenvalue weighted by Gasteiger charge is -2.30. The Kier molecular flexibility index (Phi) is 5.85. The number of hydrogen-bond donors (Lipinski definition) is 2. The minimum Gasteiger partial charge on any atom is -0.481 e. The summed E-state index contributed by atoms with van der Waals surface area (Å²) in [7, 11) is 0. The van der Waals surface area contributed by atoms with Crippen LogP contribution in [0.1, 0.15) is 18.4 Å². The fraction of sp³-hybridized carbons (Fsp3) is 0.316. The maximum Gasteiger partial charge on any atom is 0.317 e. The molecular formula is C19H20FN3O4. The molecule has 1 fully saturated rings. The van der Waals surface area contributed by atoms with Crippen LogP contribution in [0, 0.1) is 11.7 Å². The molecule has 1 aromatic carbocycles. The van der Waals surface area contributed by atoms with Crippen LogP contribution in [0.3, 0.4) is 0 Å². The van der Waals surface area contributed by atoms with E-state index in [2.05, 4.69) is 10.3 Å². The van der Waals surface area contributed by atoms with Gasteiger partial charge in [-0.2, -0.15) is 0 Å². The van der Waals surface area contributed by atoms with Crippen LogP contribution < -0.4 is 10.1 Å². The highest BCUT2D eigenvalue weighted by Gasteiger charge is 2.27. The predicted molar refractivity (Wildman–Crippen MR) is 94.9 cm³/mol. The van der Waals surface area contributed by atoms with Crippen molar-refractivity contribution in [2.24, 2.45) is 5.92 Å². The largest absolute Gasteiger partial charge is 0.481 e. The van der Waals surface area contributed by atoms with Crippen molar-refractivity contribution >= 4 is 12.0 Å². The normalized spacial score (nSPS) is 16.6. The van der Waals surface area contributed by atoms with Crippen molar-refractivity contribution in [3.8, 4) is 11.6 Å². The highest BCUT2D eigenvalue weighted by molar-refractivity contribution is 5.76. The van der Waals surface area contributed by atoms with E-state index in [9.17, 15) is 14.0 Å². The zero-order valence-electron chi connectivity index (χ0n) is 14.6. The number of pyridine rings is 1. The Hall–Kier alpha value is -3.16. The molecule has 1 saturated heterocycles. The van der Waals surface area contributed by atoms with Gasteiger partial charge in [0, 0.05) is 31.9 Å². The predicted octanol–water partition coefficient (Wildman–Crippen LogP) is 3.02. The van der Waals surface area contributed by atoms with Crippen molar-refractivity contribution in [1.82, 2.24) is 15.2 Å². The molecular weight excluding hydrogens is 353 g/mol. The number of nitrogens with one attached hydrogen (secondary N) is 1. The smallest absolute Gasteiger partial charge is 0.317 e. The second kappa shape index (κ2) is 8.48. The van der Waals surface area contributed by atoms with Crippen LogP contribution in [0.4, 0.5) is 9.18 Å². The minimum absolute atomic E-state index is 0.226.